The summed E-state index contributed by atoms with van der Waals surface area (Å²) in [6, 6.07) is 5.00. The molecule has 1 amide bonds. The SMILES string of the molecule is CCCN(CCC)C(=O)CCNc1cccc(C(F)(F)F)c1. The third kappa shape index (κ3) is 5.95. The molecule has 0 aromatic heterocycles. The fourth-order valence-corrected chi connectivity index (χ4v) is 2.18. The van der Waals surface area contributed by atoms with E-state index in [-0.39, 0.29) is 12.3 Å². The number of nitrogens with one attached hydrogen (secondary N) is 1. The van der Waals surface area contributed by atoms with Crippen molar-refractivity contribution in [2.45, 2.75) is 39.3 Å². The van der Waals surface area contributed by atoms with Crippen LogP contribution in [0.5, 0.6) is 0 Å². The third-order valence-electron chi connectivity index (χ3n) is 3.20. The van der Waals surface area contributed by atoms with Gasteiger partial charge in [0.25, 0.3) is 0 Å². The Morgan fingerprint density at radius 2 is 1.82 bits per heavy atom. The number of alkyl halides is 3. The summed E-state index contributed by atoms with van der Waals surface area (Å²) < 4.78 is 37.8. The van der Waals surface area contributed by atoms with Gasteiger partial charge in [-0.25, -0.2) is 0 Å². The number of anilines is 1. The summed E-state index contributed by atoms with van der Waals surface area (Å²) in [5, 5.41) is 2.88. The molecule has 0 saturated heterocycles. The molecule has 0 radical (unpaired) electrons. The summed E-state index contributed by atoms with van der Waals surface area (Å²) in [5.74, 6) is 0.0307. The number of rotatable bonds is 8. The monoisotopic (exact) mass is 316 g/mol. The average Bonchev–Trinajstić information content (AvgIpc) is 2.46. The van der Waals surface area contributed by atoms with Crippen LogP contribution in [0.3, 0.4) is 0 Å². The highest BCUT2D eigenvalue weighted by Crippen LogP contribution is 2.30. The first-order valence-corrected chi connectivity index (χ1v) is 7.57. The number of nitrogens with zero attached hydrogens (tertiary/aromatic N) is 1. The third-order valence-corrected chi connectivity index (χ3v) is 3.20. The second kappa shape index (κ2) is 8.66. The molecule has 1 rings (SSSR count). The molecule has 0 spiro atoms. The molecule has 1 aromatic rings. The molecule has 124 valence electrons. The van der Waals surface area contributed by atoms with E-state index in [2.05, 4.69) is 5.32 Å². The van der Waals surface area contributed by atoms with Crippen molar-refractivity contribution in [3.63, 3.8) is 0 Å². The molecule has 1 aromatic carbocycles. The minimum Gasteiger partial charge on any atom is -0.385 e. The minimum atomic E-state index is -4.35. The number of carbonyl (C=O) groups excluding carboxylic acids is 1. The Morgan fingerprint density at radius 3 is 2.36 bits per heavy atom. The Kier molecular flexibility index (Phi) is 7.21. The van der Waals surface area contributed by atoms with E-state index in [0.717, 1.165) is 38.1 Å². The Hall–Kier alpha value is -1.72. The molecular weight excluding hydrogens is 293 g/mol. The van der Waals surface area contributed by atoms with Crippen molar-refractivity contribution in [2.75, 3.05) is 25.0 Å². The number of halogens is 3. The summed E-state index contributed by atoms with van der Waals surface area (Å²) in [4.78, 5) is 13.8. The molecule has 0 saturated carbocycles. The van der Waals surface area contributed by atoms with Crippen LogP contribution < -0.4 is 5.32 Å². The Morgan fingerprint density at radius 1 is 1.18 bits per heavy atom. The van der Waals surface area contributed by atoms with Gasteiger partial charge in [0.15, 0.2) is 0 Å². The molecule has 3 nitrogen and oxygen atoms in total. The van der Waals surface area contributed by atoms with E-state index in [0.29, 0.717) is 12.2 Å². The maximum Gasteiger partial charge on any atom is 0.416 e. The maximum atomic E-state index is 12.6. The van der Waals surface area contributed by atoms with Crippen LogP contribution in [0.2, 0.25) is 0 Å². The largest absolute Gasteiger partial charge is 0.416 e. The second-order valence-corrected chi connectivity index (χ2v) is 5.14. The number of benzene rings is 1. The van der Waals surface area contributed by atoms with Gasteiger partial charge in [0.1, 0.15) is 0 Å². The number of hydrogen-bond donors (Lipinski definition) is 1. The highest BCUT2D eigenvalue weighted by molar-refractivity contribution is 5.76. The summed E-state index contributed by atoms with van der Waals surface area (Å²) in [7, 11) is 0. The Bertz CT molecular complexity index is 469. The van der Waals surface area contributed by atoms with E-state index >= 15 is 0 Å². The lowest BCUT2D eigenvalue weighted by molar-refractivity contribution is -0.137. The van der Waals surface area contributed by atoms with Crippen molar-refractivity contribution in [2.24, 2.45) is 0 Å². The highest BCUT2D eigenvalue weighted by atomic mass is 19.4. The van der Waals surface area contributed by atoms with Crippen molar-refractivity contribution in [1.29, 1.82) is 0 Å². The van der Waals surface area contributed by atoms with Crippen LogP contribution in [0.4, 0.5) is 18.9 Å². The lowest BCUT2D eigenvalue weighted by Crippen LogP contribution is -2.33. The van der Waals surface area contributed by atoms with Crippen LogP contribution in [0.25, 0.3) is 0 Å². The van der Waals surface area contributed by atoms with Gasteiger partial charge >= 0.3 is 6.18 Å². The standard InChI is InChI=1S/C16H23F3N2O/c1-3-10-21(11-4-2)15(22)8-9-20-14-7-5-6-13(12-14)16(17,18)19/h5-7,12,20H,3-4,8-11H2,1-2H3. The van der Waals surface area contributed by atoms with Gasteiger partial charge in [-0.2, -0.15) is 13.2 Å². The number of amides is 1. The summed E-state index contributed by atoms with van der Waals surface area (Å²) in [5.41, 5.74) is -0.317. The molecule has 0 aliphatic heterocycles. The molecule has 0 fully saturated rings. The first-order chi connectivity index (χ1) is 10.4. The van der Waals surface area contributed by atoms with E-state index in [4.69, 9.17) is 0 Å². The van der Waals surface area contributed by atoms with Crippen LogP contribution >= 0.6 is 0 Å². The second-order valence-electron chi connectivity index (χ2n) is 5.14. The molecule has 0 unspecified atom stereocenters. The van der Waals surface area contributed by atoms with Crippen molar-refractivity contribution < 1.29 is 18.0 Å². The first kappa shape index (κ1) is 18.3. The maximum absolute atomic E-state index is 12.6. The topological polar surface area (TPSA) is 32.3 Å². The fraction of sp³-hybridized carbons (Fsp3) is 0.562. The smallest absolute Gasteiger partial charge is 0.385 e. The molecule has 0 aliphatic carbocycles. The van der Waals surface area contributed by atoms with Crippen LogP contribution in [0.1, 0.15) is 38.7 Å². The van der Waals surface area contributed by atoms with E-state index in [1.165, 1.54) is 6.07 Å². The Balaban J connectivity index is 2.51. The van der Waals surface area contributed by atoms with Crippen LogP contribution in [0.15, 0.2) is 24.3 Å². The molecule has 6 heteroatoms. The van der Waals surface area contributed by atoms with Gasteiger partial charge in [0.05, 0.1) is 5.56 Å². The predicted octanol–water partition coefficient (Wildman–Crippen LogP) is 4.16. The van der Waals surface area contributed by atoms with E-state index in [1.54, 1.807) is 11.0 Å². The van der Waals surface area contributed by atoms with E-state index < -0.39 is 11.7 Å². The van der Waals surface area contributed by atoms with Crippen LogP contribution in [0, 0.1) is 0 Å². The first-order valence-electron chi connectivity index (χ1n) is 7.57. The lowest BCUT2D eigenvalue weighted by atomic mass is 10.2. The normalized spacial score (nSPS) is 11.3. The summed E-state index contributed by atoms with van der Waals surface area (Å²) in [6.45, 7) is 5.78. The van der Waals surface area contributed by atoms with Gasteiger partial charge in [-0.05, 0) is 31.0 Å². The van der Waals surface area contributed by atoms with Gasteiger partial charge in [0, 0.05) is 31.7 Å². The fourth-order valence-electron chi connectivity index (χ4n) is 2.18. The number of carbonyl (C=O) groups is 1. The van der Waals surface area contributed by atoms with Crippen molar-refractivity contribution in [3.8, 4) is 0 Å². The van der Waals surface area contributed by atoms with Gasteiger partial charge in [-0.3, -0.25) is 4.79 Å². The summed E-state index contributed by atoms with van der Waals surface area (Å²) >= 11 is 0. The minimum absolute atomic E-state index is 0.0307. The number of hydrogen-bond acceptors (Lipinski definition) is 2. The molecule has 0 bridgehead atoms. The van der Waals surface area contributed by atoms with Crippen molar-refractivity contribution >= 4 is 11.6 Å². The van der Waals surface area contributed by atoms with Gasteiger partial charge < -0.3 is 10.2 Å². The van der Waals surface area contributed by atoms with Crippen molar-refractivity contribution in [3.05, 3.63) is 29.8 Å². The highest BCUT2D eigenvalue weighted by Gasteiger charge is 2.30. The van der Waals surface area contributed by atoms with Crippen LogP contribution in [-0.2, 0) is 11.0 Å². The molecule has 0 heterocycles. The van der Waals surface area contributed by atoms with E-state index in [9.17, 15) is 18.0 Å². The molecule has 22 heavy (non-hydrogen) atoms. The lowest BCUT2D eigenvalue weighted by Gasteiger charge is -2.21. The predicted molar refractivity (Wildman–Crippen MR) is 81.7 cm³/mol. The average molecular weight is 316 g/mol. The molecule has 0 aliphatic rings. The van der Waals surface area contributed by atoms with Gasteiger partial charge in [0.2, 0.25) is 5.91 Å². The molecule has 1 N–H and O–H groups in total. The van der Waals surface area contributed by atoms with E-state index in [1.807, 2.05) is 13.8 Å². The zero-order valence-corrected chi connectivity index (χ0v) is 13.0. The zero-order chi connectivity index (χ0) is 16.6. The summed E-state index contributed by atoms with van der Waals surface area (Å²) in [6.07, 6.45) is -2.29. The zero-order valence-electron chi connectivity index (χ0n) is 13.0. The quantitative estimate of drug-likeness (QED) is 0.781. The molecular formula is C16H23F3N2O. The Labute approximate surface area is 129 Å². The van der Waals surface area contributed by atoms with Crippen LogP contribution in [-0.4, -0.2) is 30.4 Å². The van der Waals surface area contributed by atoms with Gasteiger partial charge in [-0.1, -0.05) is 19.9 Å². The molecule has 0 atom stereocenters. The van der Waals surface area contributed by atoms with Gasteiger partial charge in [-0.15, -0.1) is 0 Å². The van der Waals surface area contributed by atoms with Crippen molar-refractivity contribution in [1.82, 2.24) is 4.90 Å².